The van der Waals surface area contributed by atoms with Gasteiger partial charge in [0.25, 0.3) is 0 Å². The van der Waals surface area contributed by atoms with E-state index in [0.717, 1.165) is 5.56 Å². The van der Waals surface area contributed by atoms with Crippen molar-refractivity contribution < 1.29 is 5.11 Å². The lowest BCUT2D eigenvalue weighted by atomic mass is 9.90. The number of aryl methyl sites for hydroxylation is 1. The van der Waals surface area contributed by atoms with Crippen LogP contribution in [0.4, 0.5) is 0 Å². The zero-order chi connectivity index (χ0) is 11.8. The molecule has 0 aliphatic heterocycles. The predicted molar refractivity (Wildman–Crippen MR) is 66.2 cm³/mol. The van der Waals surface area contributed by atoms with Crippen molar-refractivity contribution in [3.8, 4) is 0 Å². The van der Waals surface area contributed by atoms with Gasteiger partial charge in [-0.15, -0.1) is 0 Å². The van der Waals surface area contributed by atoms with E-state index in [2.05, 4.69) is 22.9 Å². The molecule has 2 aromatic rings. The number of nitrogens with two attached hydrogens (primary N) is 1. The molecule has 0 aliphatic carbocycles. The predicted octanol–water partition coefficient (Wildman–Crippen LogP) is 1.73. The van der Waals surface area contributed by atoms with Crippen LogP contribution >= 0.6 is 0 Å². The summed E-state index contributed by atoms with van der Waals surface area (Å²) >= 11 is 0. The summed E-state index contributed by atoms with van der Waals surface area (Å²) < 4.78 is 2.08. The molecule has 0 bridgehead atoms. The molecular weight excluding hydrogens is 200 g/mol. The molecule has 3 heteroatoms. The smallest absolute Gasteiger partial charge is 0.0481 e. The fourth-order valence-electron chi connectivity index (χ4n) is 2.16. The van der Waals surface area contributed by atoms with Gasteiger partial charge in [-0.25, -0.2) is 0 Å². The molecule has 3 nitrogen and oxygen atoms in total. The molecule has 0 spiro atoms. The zero-order valence-corrected chi connectivity index (χ0v) is 9.77. The first-order chi connectivity index (χ1) is 7.56. The van der Waals surface area contributed by atoms with Gasteiger partial charge in [-0.1, -0.05) is 18.2 Å². The first-order valence-corrected chi connectivity index (χ1v) is 5.50. The van der Waals surface area contributed by atoms with Gasteiger partial charge in [0.05, 0.1) is 0 Å². The molecule has 0 saturated heterocycles. The maximum absolute atomic E-state index is 9.06. The van der Waals surface area contributed by atoms with Gasteiger partial charge in [-0.2, -0.15) is 0 Å². The van der Waals surface area contributed by atoms with Gasteiger partial charge < -0.3 is 15.4 Å². The molecule has 16 heavy (non-hydrogen) atoms. The Morgan fingerprint density at radius 1 is 1.38 bits per heavy atom. The van der Waals surface area contributed by atoms with Gasteiger partial charge in [0.1, 0.15) is 0 Å². The Bertz CT molecular complexity index is 500. The quantitative estimate of drug-likeness (QED) is 0.824. The number of rotatable bonds is 3. The Morgan fingerprint density at radius 2 is 2.06 bits per heavy atom. The van der Waals surface area contributed by atoms with Crippen molar-refractivity contribution in [2.24, 2.45) is 12.8 Å². The summed E-state index contributed by atoms with van der Waals surface area (Å²) in [5, 5.41) is 10.2. The molecule has 0 saturated carbocycles. The van der Waals surface area contributed by atoms with E-state index >= 15 is 0 Å². The first-order valence-electron chi connectivity index (χ1n) is 5.50. The number of hydrogen-bond acceptors (Lipinski definition) is 2. The minimum Gasteiger partial charge on any atom is -0.396 e. The molecule has 0 amide bonds. The van der Waals surface area contributed by atoms with E-state index in [0.29, 0.717) is 6.42 Å². The molecule has 1 aromatic carbocycles. The van der Waals surface area contributed by atoms with Crippen LogP contribution in [0.15, 0.2) is 30.5 Å². The number of aliphatic hydroxyl groups is 1. The number of benzene rings is 1. The van der Waals surface area contributed by atoms with Crippen LogP contribution in [-0.4, -0.2) is 16.3 Å². The van der Waals surface area contributed by atoms with E-state index in [-0.39, 0.29) is 6.61 Å². The van der Waals surface area contributed by atoms with Crippen LogP contribution in [0.1, 0.15) is 18.9 Å². The van der Waals surface area contributed by atoms with E-state index in [9.17, 15) is 0 Å². The van der Waals surface area contributed by atoms with Gasteiger partial charge >= 0.3 is 0 Å². The van der Waals surface area contributed by atoms with Gasteiger partial charge in [0.15, 0.2) is 0 Å². The van der Waals surface area contributed by atoms with Crippen LogP contribution in [0.25, 0.3) is 10.9 Å². The van der Waals surface area contributed by atoms with Gasteiger partial charge in [-0.05, 0) is 25.0 Å². The van der Waals surface area contributed by atoms with Crippen LogP contribution in [-0.2, 0) is 12.6 Å². The fraction of sp³-hybridized carbons (Fsp3) is 0.385. The standard InChI is InChI=1S/C13H18N2O/c1-13(14,7-8-16)11-9-15(2)12-6-4-3-5-10(11)12/h3-6,9,16H,7-8,14H2,1-2H3. The zero-order valence-electron chi connectivity index (χ0n) is 9.77. The molecule has 3 N–H and O–H groups in total. The molecule has 1 aromatic heterocycles. The van der Waals surface area contributed by atoms with Gasteiger partial charge in [0, 0.05) is 36.3 Å². The second-order valence-electron chi connectivity index (χ2n) is 4.56. The molecule has 0 aliphatic rings. The molecule has 1 unspecified atom stereocenters. The van der Waals surface area contributed by atoms with Crippen molar-refractivity contribution in [1.29, 1.82) is 0 Å². The average Bonchev–Trinajstić information content (AvgIpc) is 2.58. The Kier molecular flexibility index (Phi) is 2.74. The van der Waals surface area contributed by atoms with E-state index in [1.165, 1.54) is 10.9 Å². The number of aliphatic hydroxyl groups excluding tert-OH is 1. The summed E-state index contributed by atoms with van der Waals surface area (Å²) in [5.41, 5.74) is 8.05. The van der Waals surface area contributed by atoms with E-state index in [1.807, 2.05) is 26.1 Å². The SMILES string of the molecule is Cn1cc(C(C)(N)CCO)c2ccccc21. The van der Waals surface area contributed by atoms with Gasteiger partial charge in [0.2, 0.25) is 0 Å². The number of hydrogen-bond donors (Lipinski definition) is 2. The second-order valence-corrected chi connectivity index (χ2v) is 4.56. The lowest BCUT2D eigenvalue weighted by Gasteiger charge is -2.23. The number of nitrogens with zero attached hydrogens (tertiary/aromatic N) is 1. The molecule has 86 valence electrons. The summed E-state index contributed by atoms with van der Waals surface area (Å²) in [6, 6.07) is 8.19. The van der Waals surface area contributed by atoms with Crippen molar-refractivity contribution in [2.75, 3.05) is 6.61 Å². The minimum absolute atomic E-state index is 0.107. The van der Waals surface area contributed by atoms with Crippen LogP contribution < -0.4 is 5.73 Å². The highest BCUT2D eigenvalue weighted by molar-refractivity contribution is 5.84. The maximum atomic E-state index is 9.06. The van der Waals surface area contributed by atoms with Crippen LogP contribution in [0.5, 0.6) is 0 Å². The average molecular weight is 218 g/mol. The van der Waals surface area contributed by atoms with Crippen molar-refractivity contribution in [3.63, 3.8) is 0 Å². The van der Waals surface area contributed by atoms with E-state index < -0.39 is 5.54 Å². The molecule has 0 radical (unpaired) electrons. The lowest BCUT2D eigenvalue weighted by Crippen LogP contribution is -2.33. The molecular formula is C13H18N2O. The lowest BCUT2D eigenvalue weighted by molar-refractivity contribution is 0.248. The summed E-state index contributed by atoms with van der Waals surface area (Å²) in [7, 11) is 2.01. The highest BCUT2D eigenvalue weighted by Crippen LogP contribution is 2.30. The van der Waals surface area contributed by atoms with Crippen molar-refractivity contribution in [3.05, 3.63) is 36.0 Å². The maximum Gasteiger partial charge on any atom is 0.0481 e. The third kappa shape index (κ3) is 1.72. The summed E-state index contributed by atoms with van der Waals surface area (Å²) in [6.07, 6.45) is 2.63. The first kappa shape index (κ1) is 11.2. The van der Waals surface area contributed by atoms with Crippen molar-refractivity contribution in [1.82, 2.24) is 4.57 Å². The normalized spacial score (nSPS) is 15.2. The summed E-state index contributed by atoms with van der Waals surface area (Å²) in [4.78, 5) is 0. The van der Waals surface area contributed by atoms with Crippen molar-refractivity contribution in [2.45, 2.75) is 18.9 Å². The highest BCUT2D eigenvalue weighted by atomic mass is 16.3. The molecule has 1 atom stereocenters. The molecule has 2 rings (SSSR count). The number of para-hydroxylation sites is 1. The topological polar surface area (TPSA) is 51.2 Å². The Hall–Kier alpha value is -1.32. The number of fused-ring (bicyclic) bond motifs is 1. The molecule has 1 heterocycles. The summed E-state index contributed by atoms with van der Waals surface area (Å²) in [5.74, 6) is 0. The monoisotopic (exact) mass is 218 g/mol. The van der Waals surface area contributed by atoms with Crippen LogP contribution in [0.2, 0.25) is 0 Å². The third-order valence-electron chi connectivity index (χ3n) is 3.14. The summed E-state index contributed by atoms with van der Waals surface area (Å²) in [6.45, 7) is 2.07. The third-order valence-corrected chi connectivity index (χ3v) is 3.14. The fourth-order valence-corrected chi connectivity index (χ4v) is 2.16. The van der Waals surface area contributed by atoms with Crippen LogP contribution in [0, 0.1) is 0 Å². The largest absolute Gasteiger partial charge is 0.396 e. The van der Waals surface area contributed by atoms with Gasteiger partial charge in [-0.3, -0.25) is 0 Å². The van der Waals surface area contributed by atoms with E-state index in [1.54, 1.807) is 0 Å². The minimum atomic E-state index is -0.477. The van der Waals surface area contributed by atoms with Crippen LogP contribution in [0.3, 0.4) is 0 Å². The Morgan fingerprint density at radius 3 is 2.75 bits per heavy atom. The van der Waals surface area contributed by atoms with Crippen molar-refractivity contribution >= 4 is 10.9 Å². The Labute approximate surface area is 95.5 Å². The second kappa shape index (κ2) is 3.92. The van der Waals surface area contributed by atoms with E-state index in [4.69, 9.17) is 10.8 Å². The number of aromatic nitrogens is 1. The molecule has 0 fully saturated rings. The Balaban J connectivity index is 2.61. The highest BCUT2D eigenvalue weighted by Gasteiger charge is 2.24.